The fourth-order valence-electron chi connectivity index (χ4n) is 2.81. The van der Waals surface area contributed by atoms with Gasteiger partial charge in [0.2, 0.25) is 5.91 Å². The number of rotatable bonds is 5. The maximum atomic E-state index is 12.3. The molecule has 6 heteroatoms. The number of nitrogens with zero attached hydrogens (tertiary/aromatic N) is 1. The van der Waals surface area contributed by atoms with E-state index in [0.29, 0.717) is 28.9 Å². The maximum Gasteiger partial charge on any atom is 0.288 e. The first-order valence-corrected chi connectivity index (χ1v) is 8.62. The van der Waals surface area contributed by atoms with Crippen LogP contribution in [0.15, 0.2) is 53.4 Å². The van der Waals surface area contributed by atoms with E-state index in [9.17, 15) is 13.6 Å². The molecular weight excluding hydrogens is 330 g/mol. The van der Waals surface area contributed by atoms with Crippen LogP contribution in [0.1, 0.15) is 11.1 Å². The second kappa shape index (κ2) is 7.77. The number of anilines is 1. The summed E-state index contributed by atoms with van der Waals surface area (Å²) in [6.45, 7) is 1.95. The fraction of sp³-hybridized carbons (Fsp3) is 0.278. The third kappa shape index (κ3) is 4.55. The first kappa shape index (κ1) is 16.9. The number of hydrogen-bond donors (Lipinski definition) is 1. The van der Waals surface area contributed by atoms with Gasteiger partial charge in [0, 0.05) is 23.7 Å². The molecule has 3 rings (SSSR count). The minimum atomic E-state index is -2.44. The lowest BCUT2D eigenvalue weighted by Gasteiger charge is -2.28. The van der Waals surface area contributed by atoms with Gasteiger partial charge >= 0.3 is 0 Å². The number of amides is 1. The van der Waals surface area contributed by atoms with E-state index in [-0.39, 0.29) is 5.91 Å². The Balaban J connectivity index is 1.53. The molecule has 0 saturated heterocycles. The van der Waals surface area contributed by atoms with Crippen molar-refractivity contribution in [3.63, 3.8) is 0 Å². The van der Waals surface area contributed by atoms with Crippen molar-refractivity contribution in [3.8, 4) is 0 Å². The monoisotopic (exact) mass is 348 g/mol. The molecule has 24 heavy (non-hydrogen) atoms. The molecule has 0 aliphatic carbocycles. The Labute approximate surface area is 144 Å². The van der Waals surface area contributed by atoms with Crippen LogP contribution in [0.25, 0.3) is 0 Å². The van der Waals surface area contributed by atoms with Crippen molar-refractivity contribution in [3.05, 3.63) is 59.7 Å². The minimum absolute atomic E-state index is 0.0938. The van der Waals surface area contributed by atoms with Crippen molar-refractivity contribution >= 4 is 23.4 Å². The van der Waals surface area contributed by atoms with Crippen molar-refractivity contribution in [1.82, 2.24) is 4.90 Å². The van der Waals surface area contributed by atoms with Gasteiger partial charge in [-0.25, -0.2) is 0 Å². The van der Waals surface area contributed by atoms with Crippen molar-refractivity contribution < 1.29 is 13.6 Å². The first-order chi connectivity index (χ1) is 11.6. The molecule has 1 heterocycles. The van der Waals surface area contributed by atoms with E-state index in [0.717, 1.165) is 19.5 Å². The van der Waals surface area contributed by atoms with Crippen LogP contribution in [-0.4, -0.2) is 29.7 Å². The number of hydrogen-bond acceptors (Lipinski definition) is 3. The Hall–Kier alpha value is -1.92. The van der Waals surface area contributed by atoms with Gasteiger partial charge in [-0.05, 0) is 41.8 Å². The number of alkyl halides is 2. The number of carbonyl (C=O) groups is 1. The molecule has 126 valence electrons. The molecule has 0 radical (unpaired) electrons. The summed E-state index contributed by atoms with van der Waals surface area (Å²) in [7, 11) is 0. The molecule has 0 aromatic heterocycles. The average molecular weight is 348 g/mol. The fourth-order valence-corrected chi connectivity index (χ4v) is 3.31. The summed E-state index contributed by atoms with van der Waals surface area (Å²) in [5.74, 6) is -2.53. The smallest absolute Gasteiger partial charge is 0.288 e. The van der Waals surface area contributed by atoms with Crippen molar-refractivity contribution in [2.45, 2.75) is 23.6 Å². The molecule has 0 saturated carbocycles. The van der Waals surface area contributed by atoms with Gasteiger partial charge in [-0.1, -0.05) is 36.0 Å². The molecule has 1 aliphatic rings. The van der Waals surface area contributed by atoms with Crippen LogP contribution in [0.2, 0.25) is 0 Å². The zero-order valence-electron chi connectivity index (χ0n) is 13.0. The normalized spacial score (nSPS) is 14.5. The Morgan fingerprint density at radius 1 is 1.12 bits per heavy atom. The van der Waals surface area contributed by atoms with Crippen LogP contribution in [0.5, 0.6) is 0 Å². The highest BCUT2D eigenvalue weighted by Crippen LogP contribution is 2.26. The standard InChI is InChI=1S/C18H18F2N2OS/c19-18(20)24-16-7-5-15(6-8-16)21-17(23)12-22-10-9-13-3-1-2-4-14(13)11-22/h1-8,18H,9-12H2,(H,21,23). The molecule has 0 spiro atoms. The number of thioether (sulfide) groups is 1. The largest absolute Gasteiger partial charge is 0.325 e. The Kier molecular flexibility index (Phi) is 5.48. The molecule has 1 aliphatic heterocycles. The quantitative estimate of drug-likeness (QED) is 0.829. The van der Waals surface area contributed by atoms with E-state index >= 15 is 0 Å². The summed E-state index contributed by atoms with van der Waals surface area (Å²) in [4.78, 5) is 14.8. The summed E-state index contributed by atoms with van der Waals surface area (Å²) in [6, 6.07) is 14.7. The molecule has 3 nitrogen and oxygen atoms in total. The predicted molar refractivity (Wildman–Crippen MR) is 92.4 cm³/mol. The lowest BCUT2D eigenvalue weighted by Crippen LogP contribution is -2.37. The summed E-state index contributed by atoms with van der Waals surface area (Å²) >= 11 is 0.494. The third-order valence-electron chi connectivity index (χ3n) is 3.94. The van der Waals surface area contributed by atoms with Crippen LogP contribution >= 0.6 is 11.8 Å². The molecule has 0 fully saturated rings. The average Bonchev–Trinajstić information content (AvgIpc) is 2.56. The molecular formula is C18H18F2N2OS. The number of nitrogens with one attached hydrogen (secondary N) is 1. The van der Waals surface area contributed by atoms with Crippen molar-refractivity contribution in [2.75, 3.05) is 18.4 Å². The molecule has 0 unspecified atom stereocenters. The lowest BCUT2D eigenvalue weighted by molar-refractivity contribution is -0.117. The van der Waals surface area contributed by atoms with Crippen LogP contribution < -0.4 is 5.32 Å². The highest BCUT2D eigenvalue weighted by molar-refractivity contribution is 7.99. The topological polar surface area (TPSA) is 32.3 Å². The lowest BCUT2D eigenvalue weighted by atomic mass is 10.00. The molecule has 2 aromatic rings. The zero-order chi connectivity index (χ0) is 16.9. The van der Waals surface area contributed by atoms with Gasteiger partial charge in [0.25, 0.3) is 5.76 Å². The SMILES string of the molecule is O=C(CN1CCc2ccccc2C1)Nc1ccc(SC(F)F)cc1. The molecule has 0 bridgehead atoms. The number of benzene rings is 2. The summed E-state index contributed by atoms with van der Waals surface area (Å²) in [5.41, 5.74) is 3.24. The van der Waals surface area contributed by atoms with Gasteiger partial charge in [-0.15, -0.1) is 0 Å². The Morgan fingerprint density at radius 2 is 1.83 bits per heavy atom. The Morgan fingerprint density at radius 3 is 2.54 bits per heavy atom. The summed E-state index contributed by atoms with van der Waals surface area (Å²) < 4.78 is 24.6. The van der Waals surface area contributed by atoms with Crippen LogP contribution in [0.3, 0.4) is 0 Å². The van der Waals surface area contributed by atoms with E-state index < -0.39 is 5.76 Å². The second-order valence-electron chi connectivity index (χ2n) is 5.68. The highest BCUT2D eigenvalue weighted by Gasteiger charge is 2.18. The van der Waals surface area contributed by atoms with E-state index in [2.05, 4.69) is 22.3 Å². The van der Waals surface area contributed by atoms with E-state index in [1.54, 1.807) is 24.3 Å². The van der Waals surface area contributed by atoms with E-state index in [1.807, 2.05) is 12.1 Å². The van der Waals surface area contributed by atoms with E-state index in [4.69, 9.17) is 0 Å². The van der Waals surface area contributed by atoms with Crippen LogP contribution in [-0.2, 0) is 17.8 Å². The van der Waals surface area contributed by atoms with Gasteiger partial charge in [-0.2, -0.15) is 8.78 Å². The molecule has 1 amide bonds. The Bertz CT molecular complexity index is 706. The first-order valence-electron chi connectivity index (χ1n) is 7.74. The van der Waals surface area contributed by atoms with Gasteiger partial charge in [0.05, 0.1) is 6.54 Å². The van der Waals surface area contributed by atoms with Crippen molar-refractivity contribution in [2.24, 2.45) is 0 Å². The molecule has 2 aromatic carbocycles. The van der Waals surface area contributed by atoms with Gasteiger partial charge in [0.15, 0.2) is 0 Å². The number of fused-ring (bicyclic) bond motifs is 1. The third-order valence-corrected chi connectivity index (χ3v) is 4.66. The molecule has 0 atom stereocenters. The molecule has 1 N–H and O–H groups in total. The number of halogens is 2. The van der Waals surface area contributed by atoms with Gasteiger partial charge < -0.3 is 5.32 Å². The number of carbonyl (C=O) groups excluding carboxylic acids is 1. The van der Waals surface area contributed by atoms with Crippen LogP contribution in [0.4, 0.5) is 14.5 Å². The highest BCUT2D eigenvalue weighted by atomic mass is 32.2. The van der Waals surface area contributed by atoms with Gasteiger partial charge in [-0.3, -0.25) is 9.69 Å². The minimum Gasteiger partial charge on any atom is -0.325 e. The summed E-state index contributed by atoms with van der Waals surface area (Å²) in [6.07, 6.45) is 0.947. The van der Waals surface area contributed by atoms with Gasteiger partial charge in [0.1, 0.15) is 0 Å². The second-order valence-corrected chi connectivity index (χ2v) is 6.74. The van der Waals surface area contributed by atoms with E-state index in [1.165, 1.54) is 11.1 Å². The summed E-state index contributed by atoms with van der Waals surface area (Å²) in [5, 5.41) is 2.82. The van der Waals surface area contributed by atoms with Crippen molar-refractivity contribution in [1.29, 1.82) is 0 Å². The van der Waals surface area contributed by atoms with Crippen LogP contribution in [0, 0.1) is 0 Å². The zero-order valence-corrected chi connectivity index (χ0v) is 13.9. The maximum absolute atomic E-state index is 12.3. The predicted octanol–water partition coefficient (Wildman–Crippen LogP) is 4.00.